The molecule has 38 heavy (non-hydrogen) atoms. The summed E-state index contributed by atoms with van der Waals surface area (Å²) in [5.41, 5.74) is -2.54. The first-order valence-corrected chi connectivity index (χ1v) is 11.3. The number of rotatable bonds is 6. The van der Waals surface area contributed by atoms with Gasteiger partial charge in [0.2, 0.25) is 0 Å². The Bertz CT molecular complexity index is 1420. The highest BCUT2D eigenvalue weighted by Gasteiger charge is 2.37. The number of amides is 1. The van der Waals surface area contributed by atoms with Crippen molar-refractivity contribution in [1.29, 1.82) is 0 Å². The van der Waals surface area contributed by atoms with Crippen LogP contribution < -0.4 is 0 Å². The zero-order valence-corrected chi connectivity index (χ0v) is 20.3. The maximum Gasteiger partial charge on any atom is 0.416 e. The maximum atomic E-state index is 13.4. The molecule has 13 heteroatoms. The Morgan fingerprint density at radius 1 is 0.947 bits per heavy atom. The van der Waals surface area contributed by atoms with Crippen LogP contribution in [0.15, 0.2) is 66.9 Å². The molecule has 0 atom stereocenters. The third-order valence-corrected chi connectivity index (χ3v) is 5.91. The van der Waals surface area contributed by atoms with E-state index in [4.69, 9.17) is 11.6 Å². The van der Waals surface area contributed by atoms with Gasteiger partial charge in [-0.25, -0.2) is 4.68 Å². The van der Waals surface area contributed by atoms with Gasteiger partial charge in [-0.2, -0.15) is 26.3 Å². The summed E-state index contributed by atoms with van der Waals surface area (Å²) in [5.74, 6) is -0.600. The molecule has 4 rings (SSSR count). The smallest absolute Gasteiger partial charge is 0.336 e. The van der Waals surface area contributed by atoms with Gasteiger partial charge in [0.15, 0.2) is 5.69 Å². The average Bonchev–Trinajstić information content (AvgIpc) is 3.27. The highest BCUT2D eigenvalue weighted by molar-refractivity contribution is 6.31. The van der Waals surface area contributed by atoms with Gasteiger partial charge in [0, 0.05) is 24.8 Å². The van der Waals surface area contributed by atoms with E-state index in [1.165, 1.54) is 24.2 Å². The number of halogens is 7. The SMILES string of the molecule is CN(Cc1ccccc1Cl)C(=O)c1nnn(Cc2cc(C(F)(F)F)cc(C(F)(F)F)c2)c1-c1ccccn1. The molecule has 0 unspecified atom stereocenters. The Labute approximate surface area is 217 Å². The lowest BCUT2D eigenvalue weighted by atomic mass is 10.0. The lowest BCUT2D eigenvalue weighted by molar-refractivity contribution is -0.143. The summed E-state index contributed by atoms with van der Waals surface area (Å²) in [6, 6.07) is 12.8. The van der Waals surface area contributed by atoms with Crippen molar-refractivity contribution in [1.82, 2.24) is 24.9 Å². The quantitative estimate of drug-likeness (QED) is 0.261. The summed E-state index contributed by atoms with van der Waals surface area (Å²) in [6.07, 6.45) is -8.60. The summed E-state index contributed by atoms with van der Waals surface area (Å²) in [7, 11) is 1.50. The van der Waals surface area contributed by atoms with E-state index in [2.05, 4.69) is 15.3 Å². The van der Waals surface area contributed by atoms with Crippen molar-refractivity contribution in [2.45, 2.75) is 25.4 Å². The molecule has 2 aromatic carbocycles. The number of hydrogen-bond acceptors (Lipinski definition) is 4. The molecule has 198 valence electrons. The van der Waals surface area contributed by atoms with Crippen molar-refractivity contribution in [3.05, 3.63) is 99.8 Å². The fraction of sp³-hybridized carbons (Fsp3) is 0.200. The molecule has 2 heterocycles. The lowest BCUT2D eigenvalue weighted by Gasteiger charge is -2.18. The van der Waals surface area contributed by atoms with Crippen LogP contribution in [0.2, 0.25) is 5.02 Å². The second kappa shape index (κ2) is 10.4. The Morgan fingerprint density at radius 3 is 2.16 bits per heavy atom. The first-order chi connectivity index (χ1) is 17.8. The normalized spacial score (nSPS) is 12.0. The van der Waals surface area contributed by atoms with Gasteiger partial charge in [0.1, 0.15) is 5.69 Å². The molecule has 2 aromatic heterocycles. The molecule has 4 aromatic rings. The van der Waals surface area contributed by atoms with Crippen LogP contribution in [-0.4, -0.2) is 37.8 Å². The number of nitrogens with zero attached hydrogens (tertiary/aromatic N) is 5. The molecule has 0 radical (unpaired) electrons. The molecule has 0 aliphatic heterocycles. The van der Waals surface area contributed by atoms with Gasteiger partial charge in [-0.05, 0) is 47.5 Å². The van der Waals surface area contributed by atoms with Gasteiger partial charge in [-0.15, -0.1) is 5.10 Å². The minimum Gasteiger partial charge on any atom is -0.336 e. The van der Waals surface area contributed by atoms with Crippen molar-refractivity contribution in [3.63, 3.8) is 0 Å². The van der Waals surface area contributed by atoms with Gasteiger partial charge >= 0.3 is 12.4 Å². The number of hydrogen-bond donors (Lipinski definition) is 0. The van der Waals surface area contributed by atoms with Crippen LogP contribution in [0.4, 0.5) is 26.3 Å². The van der Waals surface area contributed by atoms with Gasteiger partial charge in [-0.1, -0.05) is 41.1 Å². The Hall–Kier alpha value is -3.93. The molecule has 0 N–H and O–H groups in total. The summed E-state index contributed by atoms with van der Waals surface area (Å²) >= 11 is 6.19. The number of benzene rings is 2. The highest BCUT2D eigenvalue weighted by atomic mass is 35.5. The monoisotopic (exact) mass is 553 g/mol. The molecule has 1 amide bonds. The minimum atomic E-state index is -5.01. The Kier molecular flexibility index (Phi) is 7.45. The topological polar surface area (TPSA) is 63.9 Å². The third kappa shape index (κ3) is 5.96. The van der Waals surface area contributed by atoms with Crippen molar-refractivity contribution in [2.24, 2.45) is 0 Å². The summed E-state index contributed by atoms with van der Waals surface area (Å²) in [6.45, 7) is -0.428. The van der Waals surface area contributed by atoms with Gasteiger partial charge < -0.3 is 4.90 Å². The number of alkyl halides is 6. The zero-order valence-electron chi connectivity index (χ0n) is 19.6. The maximum absolute atomic E-state index is 13.4. The van der Waals surface area contributed by atoms with E-state index in [1.807, 2.05) is 0 Å². The van der Waals surface area contributed by atoms with Gasteiger partial charge in [-0.3, -0.25) is 9.78 Å². The standard InChI is InChI=1S/C25H18ClF6N5O/c1-36(14-16-6-2-3-7-19(16)26)23(38)21-22(20-8-4-5-9-33-20)37(35-34-21)13-15-10-17(24(27,28)29)12-18(11-15)25(30,31)32/h2-12H,13-14H2,1H3. The molecule has 0 fully saturated rings. The van der Waals surface area contributed by atoms with E-state index < -0.39 is 35.9 Å². The van der Waals surface area contributed by atoms with E-state index in [0.717, 1.165) is 4.68 Å². The van der Waals surface area contributed by atoms with Crippen molar-refractivity contribution < 1.29 is 31.1 Å². The van der Waals surface area contributed by atoms with Crippen LogP contribution in [0, 0.1) is 0 Å². The van der Waals surface area contributed by atoms with Crippen molar-refractivity contribution >= 4 is 17.5 Å². The van der Waals surface area contributed by atoms with Gasteiger partial charge in [0.05, 0.1) is 23.4 Å². The van der Waals surface area contributed by atoms with E-state index in [0.29, 0.717) is 22.7 Å². The molecule has 0 bridgehead atoms. The van der Waals surface area contributed by atoms with Crippen LogP contribution in [-0.2, 0) is 25.4 Å². The Morgan fingerprint density at radius 2 is 1.58 bits per heavy atom. The fourth-order valence-corrected chi connectivity index (χ4v) is 3.94. The average molecular weight is 554 g/mol. The van der Waals surface area contributed by atoms with Crippen LogP contribution in [0.5, 0.6) is 0 Å². The first-order valence-electron chi connectivity index (χ1n) is 11.0. The summed E-state index contributed by atoms with van der Waals surface area (Å²) < 4.78 is 81.2. The highest BCUT2D eigenvalue weighted by Crippen LogP contribution is 2.36. The predicted octanol–water partition coefficient (Wildman–Crippen LogP) is 6.35. The summed E-state index contributed by atoms with van der Waals surface area (Å²) in [5, 5.41) is 8.25. The molecular formula is C25H18ClF6N5O. The van der Waals surface area contributed by atoms with Crippen LogP contribution >= 0.6 is 11.6 Å². The molecule has 6 nitrogen and oxygen atoms in total. The largest absolute Gasteiger partial charge is 0.416 e. The van der Waals surface area contributed by atoms with Gasteiger partial charge in [0.25, 0.3) is 5.91 Å². The second-order valence-electron chi connectivity index (χ2n) is 8.33. The number of pyridine rings is 1. The van der Waals surface area contributed by atoms with Crippen molar-refractivity contribution in [2.75, 3.05) is 7.05 Å². The third-order valence-electron chi connectivity index (χ3n) is 5.54. The molecular weight excluding hydrogens is 536 g/mol. The fourth-order valence-electron chi connectivity index (χ4n) is 3.74. The van der Waals surface area contributed by atoms with Crippen LogP contribution in [0.3, 0.4) is 0 Å². The minimum absolute atomic E-state index is 0.0348. The molecule has 0 spiro atoms. The molecule has 0 saturated carbocycles. The number of aromatic nitrogens is 4. The molecule has 0 saturated heterocycles. The van der Waals surface area contributed by atoms with E-state index in [-0.39, 0.29) is 35.3 Å². The molecule has 0 aliphatic rings. The lowest BCUT2D eigenvalue weighted by Crippen LogP contribution is -2.27. The zero-order chi connectivity index (χ0) is 27.7. The Balaban J connectivity index is 1.76. The van der Waals surface area contributed by atoms with Crippen LogP contribution in [0.25, 0.3) is 11.4 Å². The second-order valence-corrected chi connectivity index (χ2v) is 8.73. The van der Waals surface area contributed by atoms with E-state index in [1.54, 1.807) is 36.4 Å². The number of carbonyl (C=O) groups is 1. The molecule has 0 aliphatic carbocycles. The summed E-state index contributed by atoms with van der Waals surface area (Å²) in [4.78, 5) is 18.8. The van der Waals surface area contributed by atoms with E-state index in [9.17, 15) is 31.1 Å². The number of carbonyl (C=O) groups excluding carboxylic acids is 1. The van der Waals surface area contributed by atoms with E-state index >= 15 is 0 Å². The first kappa shape index (κ1) is 27.1. The predicted molar refractivity (Wildman–Crippen MR) is 126 cm³/mol. The van der Waals surface area contributed by atoms with Crippen molar-refractivity contribution in [3.8, 4) is 11.4 Å². The van der Waals surface area contributed by atoms with Crippen LogP contribution in [0.1, 0.15) is 32.7 Å².